The maximum Gasteiger partial charge on any atom is 0.330 e. The summed E-state index contributed by atoms with van der Waals surface area (Å²) in [6, 6.07) is 6.17. The minimum absolute atomic E-state index is 0.160. The lowest BCUT2D eigenvalue weighted by Crippen LogP contribution is -2.39. The molecule has 1 saturated heterocycles. The number of benzene rings is 1. The number of piperidine rings is 1. The summed E-state index contributed by atoms with van der Waals surface area (Å²) in [4.78, 5) is 17.4. The third-order valence-electron chi connectivity index (χ3n) is 4.36. The maximum atomic E-state index is 11.9. The number of carbonyl (C=O) groups excluding carboxylic acids is 1. The summed E-state index contributed by atoms with van der Waals surface area (Å²) in [5.41, 5.74) is 0.822. The Bertz CT molecular complexity index is 571. The summed E-state index contributed by atoms with van der Waals surface area (Å²) in [6.45, 7) is 7.55. The Kier molecular flexibility index (Phi) is 4.48. The van der Waals surface area contributed by atoms with Crippen LogP contribution in [-0.2, 0) is 16.1 Å². The number of rotatable bonds is 3. The highest BCUT2D eigenvalue weighted by molar-refractivity contribution is 5.75. The van der Waals surface area contributed by atoms with Gasteiger partial charge >= 0.3 is 5.97 Å². The molecule has 23 heavy (non-hydrogen) atoms. The van der Waals surface area contributed by atoms with E-state index in [0.717, 1.165) is 43.9 Å². The largest absolute Gasteiger partial charge is 0.454 e. The number of hydrogen-bond donors (Lipinski definition) is 0. The molecule has 0 saturated carbocycles. The first kappa shape index (κ1) is 16.1. The summed E-state index contributed by atoms with van der Waals surface area (Å²) in [7, 11) is 0. The monoisotopic (exact) mass is 319 g/mol. The van der Waals surface area contributed by atoms with Crippen molar-refractivity contribution in [1.82, 2.24) is 5.06 Å². The zero-order chi connectivity index (χ0) is 16.4. The summed E-state index contributed by atoms with van der Waals surface area (Å²) in [6.07, 6.45) is 3.09. The standard InChI is InChI=1S/C18H25NO4/c1-18(2,3)17(20)23-19-8-6-13(7-9-19)10-14-4-5-15-16(11-14)22-12-21-15/h4-5,11,13H,6-10,12H2,1-3H3. The van der Waals surface area contributed by atoms with Gasteiger partial charge in [0.1, 0.15) is 0 Å². The van der Waals surface area contributed by atoms with Gasteiger partial charge in [0.25, 0.3) is 0 Å². The third-order valence-corrected chi connectivity index (χ3v) is 4.36. The van der Waals surface area contributed by atoms with Crippen LogP contribution in [0.3, 0.4) is 0 Å². The van der Waals surface area contributed by atoms with Gasteiger partial charge in [-0.3, -0.25) is 0 Å². The fourth-order valence-corrected chi connectivity index (χ4v) is 2.86. The van der Waals surface area contributed by atoms with Crippen molar-refractivity contribution in [1.29, 1.82) is 0 Å². The Morgan fingerprint density at radius 1 is 1.22 bits per heavy atom. The number of hydroxylamine groups is 2. The molecule has 0 spiro atoms. The number of nitrogens with zero attached hydrogens (tertiary/aromatic N) is 1. The molecule has 0 atom stereocenters. The lowest BCUT2D eigenvalue weighted by atomic mass is 9.90. The Morgan fingerprint density at radius 3 is 2.61 bits per heavy atom. The van der Waals surface area contributed by atoms with E-state index >= 15 is 0 Å². The Hall–Kier alpha value is -1.75. The summed E-state index contributed by atoms with van der Waals surface area (Å²) in [5.74, 6) is 2.13. The van der Waals surface area contributed by atoms with Crippen molar-refractivity contribution < 1.29 is 19.1 Å². The van der Waals surface area contributed by atoms with Crippen LogP contribution in [-0.4, -0.2) is 30.9 Å². The summed E-state index contributed by atoms with van der Waals surface area (Å²) < 4.78 is 10.8. The van der Waals surface area contributed by atoms with Gasteiger partial charge in [-0.1, -0.05) is 6.07 Å². The third kappa shape index (κ3) is 3.96. The number of carbonyl (C=O) groups is 1. The first-order valence-corrected chi connectivity index (χ1v) is 8.28. The van der Waals surface area contributed by atoms with Crippen molar-refractivity contribution in [2.24, 2.45) is 11.3 Å². The fraction of sp³-hybridized carbons (Fsp3) is 0.611. The van der Waals surface area contributed by atoms with Gasteiger partial charge in [0.2, 0.25) is 6.79 Å². The van der Waals surface area contributed by atoms with Crippen molar-refractivity contribution in [3.05, 3.63) is 23.8 Å². The summed E-state index contributed by atoms with van der Waals surface area (Å²) in [5, 5.41) is 1.81. The van der Waals surface area contributed by atoms with Crippen molar-refractivity contribution >= 4 is 5.97 Å². The van der Waals surface area contributed by atoms with Gasteiger partial charge in [0.05, 0.1) is 5.41 Å². The molecule has 0 aliphatic carbocycles. The quantitative estimate of drug-likeness (QED) is 0.856. The predicted molar refractivity (Wildman–Crippen MR) is 86.1 cm³/mol. The molecule has 1 fully saturated rings. The van der Waals surface area contributed by atoms with Gasteiger partial charge in [0.15, 0.2) is 11.5 Å². The van der Waals surface area contributed by atoms with E-state index < -0.39 is 5.41 Å². The molecule has 5 nitrogen and oxygen atoms in total. The molecule has 0 aromatic heterocycles. The molecule has 1 aromatic rings. The summed E-state index contributed by atoms with van der Waals surface area (Å²) >= 11 is 0. The highest BCUT2D eigenvalue weighted by atomic mass is 16.7. The van der Waals surface area contributed by atoms with E-state index in [0.29, 0.717) is 12.7 Å². The van der Waals surface area contributed by atoms with E-state index in [9.17, 15) is 4.79 Å². The molecular formula is C18H25NO4. The molecule has 0 radical (unpaired) electrons. The van der Waals surface area contributed by atoms with Crippen molar-refractivity contribution in [3.63, 3.8) is 0 Å². The van der Waals surface area contributed by atoms with Crippen LogP contribution in [0, 0.1) is 11.3 Å². The second-order valence-electron chi connectivity index (χ2n) is 7.39. The Morgan fingerprint density at radius 2 is 1.91 bits per heavy atom. The van der Waals surface area contributed by atoms with Crippen LogP contribution in [0.2, 0.25) is 0 Å². The molecule has 5 heteroatoms. The van der Waals surface area contributed by atoms with Crippen molar-refractivity contribution in [2.45, 2.75) is 40.0 Å². The number of hydrogen-bond acceptors (Lipinski definition) is 5. The maximum absolute atomic E-state index is 11.9. The molecule has 0 amide bonds. The lowest BCUT2D eigenvalue weighted by molar-refractivity contribution is -0.206. The van der Waals surface area contributed by atoms with Crippen molar-refractivity contribution in [3.8, 4) is 11.5 Å². The fourth-order valence-electron chi connectivity index (χ4n) is 2.86. The van der Waals surface area contributed by atoms with E-state index in [-0.39, 0.29) is 5.97 Å². The minimum atomic E-state index is -0.455. The molecule has 2 heterocycles. The molecule has 2 aliphatic heterocycles. The topological polar surface area (TPSA) is 48.0 Å². The second-order valence-corrected chi connectivity index (χ2v) is 7.39. The van der Waals surface area contributed by atoms with E-state index in [1.807, 2.05) is 31.9 Å². The van der Waals surface area contributed by atoms with Crippen LogP contribution in [0.15, 0.2) is 18.2 Å². The number of fused-ring (bicyclic) bond motifs is 1. The van der Waals surface area contributed by atoms with E-state index in [1.54, 1.807) is 0 Å². The molecule has 2 aliphatic rings. The minimum Gasteiger partial charge on any atom is -0.454 e. The van der Waals surface area contributed by atoms with Crippen LogP contribution >= 0.6 is 0 Å². The first-order chi connectivity index (χ1) is 10.9. The van der Waals surface area contributed by atoms with Gasteiger partial charge in [-0.15, -0.1) is 5.06 Å². The molecule has 0 N–H and O–H groups in total. The van der Waals surface area contributed by atoms with Gasteiger partial charge < -0.3 is 14.3 Å². The van der Waals surface area contributed by atoms with E-state index in [1.165, 1.54) is 5.56 Å². The van der Waals surface area contributed by atoms with Gasteiger partial charge in [-0.05, 0) is 63.6 Å². The second kappa shape index (κ2) is 6.40. The normalized spacial score (nSPS) is 18.9. The molecule has 0 bridgehead atoms. The molecule has 126 valence electrons. The average Bonchev–Trinajstić information content (AvgIpc) is 2.96. The van der Waals surface area contributed by atoms with Gasteiger partial charge in [-0.25, -0.2) is 4.79 Å². The van der Waals surface area contributed by atoms with Crippen LogP contribution in [0.4, 0.5) is 0 Å². The smallest absolute Gasteiger partial charge is 0.330 e. The van der Waals surface area contributed by atoms with Crippen LogP contribution in [0.25, 0.3) is 0 Å². The average molecular weight is 319 g/mol. The highest BCUT2D eigenvalue weighted by Gasteiger charge is 2.28. The van der Waals surface area contributed by atoms with Crippen LogP contribution in [0.5, 0.6) is 11.5 Å². The van der Waals surface area contributed by atoms with Crippen LogP contribution < -0.4 is 9.47 Å². The zero-order valence-corrected chi connectivity index (χ0v) is 14.1. The molecular weight excluding hydrogens is 294 g/mol. The first-order valence-electron chi connectivity index (χ1n) is 8.28. The SMILES string of the molecule is CC(C)(C)C(=O)ON1CCC(Cc2ccc3c(c2)OCO3)CC1. The zero-order valence-electron chi connectivity index (χ0n) is 14.1. The molecule has 0 unspecified atom stereocenters. The highest BCUT2D eigenvalue weighted by Crippen LogP contribution is 2.34. The molecule has 1 aromatic carbocycles. The molecule has 3 rings (SSSR count). The van der Waals surface area contributed by atoms with Gasteiger partial charge in [-0.2, -0.15) is 0 Å². The lowest BCUT2D eigenvalue weighted by Gasteiger charge is -2.32. The Balaban J connectivity index is 1.49. The van der Waals surface area contributed by atoms with Crippen molar-refractivity contribution in [2.75, 3.05) is 19.9 Å². The Labute approximate surface area is 137 Å². The predicted octanol–water partition coefficient (Wildman–Crippen LogP) is 3.17. The number of ether oxygens (including phenoxy) is 2. The van der Waals surface area contributed by atoms with Gasteiger partial charge in [0, 0.05) is 13.1 Å². The van der Waals surface area contributed by atoms with E-state index in [4.69, 9.17) is 14.3 Å². The van der Waals surface area contributed by atoms with Crippen LogP contribution in [0.1, 0.15) is 39.2 Å². The van der Waals surface area contributed by atoms with E-state index in [2.05, 4.69) is 12.1 Å².